The Morgan fingerprint density at radius 1 is 1.15 bits per heavy atom. The van der Waals surface area contributed by atoms with Crippen LogP contribution in [0.25, 0.3) is 6.08 Å². The first-order valence-electron chi connectivity index (χ1n) is 8.35. The van der Waals surface area contributed by atoms with Gasteiger partial charge in [0.25, 0.3) is 5.56 Å². The highest BCUT2D eigenvalue weighted by molar-refractivity contribution is 7.07. The molecular formula is C20H18ClN3OS. The van der Waals surface area contributed by atoms with Crippen molar-refractivity contribution in [2.24, 2.45) is 4.99 Å². The van der Waals surface area contributed by atoms with Gasteiger partial charge in [-0.25, -0.2) is 4.99 Å². The van der Waals surface area contributed by atoms with Crippen LogP contribution in [0.3, 0.4) is 0 Å². The lowest BCUT2D eigenvalue weighted by Crippen LogP contribution is -2.42. The molecule has 6 heteroatoms. The van der Waals surface area contributed by atoms with Gasteiger partial charge in [-0.2, -0.15) is 0 Å². The van der Waals surface area contributed by atoms with Crippen LogP contribution in [0.15, 0.2) is 52.3 Å². The fourth-order valence-corrected chi connectivity index (χ4v) is 4.11. The van der Waals surface area contributed by atoms with E-state index in [-0.39, 0.29) is 5.56 Å². The molecule has 0 spiro atoms. The van der Waals surface area contributed by atoms with Crippen molar-refractivity contribution in [1.82, 2.24) is 4.57 Å². The molecule has 0 unspecified atom stereocenters. The molecule has 132 valence electrons. The number of benzene rings is 2. The van der Waals surface area contributed by atoms with Crippen LogP contribution >= 0.6 is 22.9 Å². The predicted octanol–water partition coefficient (Wildman–Crippen LogP) is 3.06. The standard InChI is InChI=1S/C20H18ClN3OS/c1-13-6-7-17(8-14(13)2)23-11-22-20-24(12-23)19(25)18(26-20)10-15-4-3-5-16(21)9-15/h3-10H,11-12H2,1-2H3. The van der Waals surface area contributed by atoms with Gasteiger partial charge in [-0.05, 0) is 60.9 Å². The zero-order valence-corrected chi connectivity index (χ0v) is 16.1. The molecule has 4 nitrogen and oxygen atoms in total. The van der Waals surface area contributed by atoms with E-state index in [9.17, 15) is 4.79 Å². The average molecular weight is 384 g/mol. The van der Waals surface area contributed by atoms with E-state index in [1.165, 1.54) is 22.5 Å². The Morgan fingerprint density at radius 2 is 2.00 bits per heavy atom. The number of aromatic nitrogens is 1. The minimum atomic E-state index is -0.0118. The monoisotopic (exact) mass is 383 g/mol. The first kappa shape index (κ1) is 17.1. The smallest absolute Gasteiger partial charge is 0.271 e. The lowest BCUT2D eigenvalue weighted by atomic mass is 10.1. The van der Waals surface area contributed by atoms with Crippen LogP contribution in [-0.2, 0) is 6.67 Å². The molecule has 0 bridgehead atoms. The van der Waals surface area contributed by atoms with E-state index in [4.69, 9.17) is 11.6 Å². The molecule has 1 aliphatic heterocycles. The van der Waals surface area contributed by atoms with Crippen molar-refractivity contribution in [3.8, 4) is 0 Å². The summed E-state index contributed by atoms with van der Waals surface area (Å²) in [6.45, 7) is 5.26. The van der Waals surface area contributed by atoms with Gasteiger partial charge in [-0.3, -0.25) is 9.36 Å². The Balaban J connectivity index is 1.72. The Hall–Kier alpha value is -2.37. The van der Waals surface area contributed by atoms with Crippen molar-refractivity contribution in [2.45, 2.75) is 20.5 Å². The Morgan fingerprint density at radius 3 is 2.77 bits per heavy atom. The fraction of sp³-hybridized carbons (Fsp3) is 0.200. The number of halogens is 1. The summed E-state index contributed by atoms with van der Waals surface area (Å²) in [6, 6.07) is 13.8. The molecule has 2 heterocycles. The van der Waals surface area contributed by atoms with Crippen molar-refractivity contribution >= 4 is 34.7 Å². The van der Waals surface area contributed by atoms with Crippen LogP contribution in [-0.4, -0.2) is 11.2 Å². The number of nitrogens with zero attached hydrogens (tertiary/aromatic N) is 3. The second-order valence-electron chi connectivity index (χ2n) is 6.43. The lowest BCUT2D eigenvalue weighted by Gasteiger charge is -2.26. The molecule has 0 saturated carbocycles. The third kappa shape index (κ3) is 3.20. The zero-order valence-electron chi connectivity index (χ0n) is 14.6. The maximum absolute atomic E-state index is 12.8. The minimum absolute atomic E-state index is 0.0118. The molecule has 0 fully saturated rings. The molecule has 0 atom stereocenters. The van der Waals surface area contributed by atoms with Crippen molar-refractivity contribution in [3.63, 3.8) is 0 Å². The summed E-state index contributed by atoms with van der Waals surface area (Å²) >= 11 is 7.46. The predicted molar refractivity (Wildman–Crippen MR) is 108 cm³/mol. The van der Waals surface area contributed by atoms with E-state index >= 15 is 0 Å². The van der Waals surface area contributed by atoms with E-state index in [0.29, 0.717) is 22.9 Å². The summed E-state index contributed by atoms with van der Waals surface area (Å²) in [5.41, 5.74) is 4.48. The van der Waals surface area contributed by atoms with Crippen LogP contribution in [0.1, 0.15) is 16.7 Å². The van der Waals surface area contributed by atoms with Gasteiger partial charge in [0.1, 0.15) is 13.3 Å². The number of aryl methyl sites for hydroxylation is 2. The Kier molecular flexibility index (Phi) is 4.42. The number of hydrogen-bond acceptors (Lipinski definition) is 4. The molecule has 0 aliphatic carbocycles. The number of thiazole rings is 1. The summed E-state index contributed by atoms with van der Waals surface area (Å²) in [5, 5.41) is 0.658. The van der Waals surface area contributed by atoms with Crippen LogP contribution < -0.4 is 19.8 Å². The number of hydrogen-bond donors (Lipinski definition) is 0. The summed E-state index contributed by atoms with van der Waals surface area (Å²) < 4.78 is 2.41. The van der Waals surface area contributed by atoms with Gasteiger partial charge in [-0.15, -0.1) is 0 Å². The van der Waals surface area contributed by atoms with E-state index in [1.54, 1.807) is 4.57 Å². The normalized spacial score (nSPS) is 14.3. The second kappa shape index (κ2) is 6.74. The van der Waals surface area contributed by atoms with Crippen molar-refractivity contribution in [3.05, 3.63) is 83.9 Å². The molecule has 0 amide bonds. The van der Waals surface area contributed by atoms with Gasteiger partial charge in [0.05, 0.1) is 4.53 Å². The van der Waals surface area contributed by atoms with Crippen LogP contribution in [0.2, 0.25) is 5.02 Å². The number of fused-ring (bicyclic) bond motifs is 1. The summed E-state index contributed by atoms with van der Waals surface area (Å²) in [7, 11) is 0. The third-order valence-corrected chi connectivity index (χ3v) is 5.86. The van der Waals surface area contributed by atoms with Gasteiger partial charge in [-0.1, -0.05) is 41.1 Å². The first-order valence-corrected chi connectivity index (χ1v) is 9.54. The van der Waals surface area contributed by atoms with Crippen molar-refractivity contribution < 1.29 is 0 Å². The van der Waals surface area contributed by atoms with Crippen LogP contribution in [0.4, 0.5) is 5.69 Å². The molecule has 2 aromatic carbocycles. The largest absolute Gasteiger partial charge is 0.334 e. The quantitative estimate of drug-likeness (QED) is 0.682. The summed E-state index contributed by atoms with van der Waals surface area (Å²) in [5.74, 6) is 0. The molecule has 1 aliphatic rings. The maximum Gasteiger partial charge on any atom is 0.271 e. The molecule has 1 aromatic heterocycles. The highest BCUT2D eigenvalue weighted by Gasteiger charge is 2.16. The number of anilines is 1. The highest BCUT2D eigenvalue weighted by atomic mass is 35.5. The molecule has 4 rings (SSSR count). The van der Waals surface area contributed by atoms with E-state index < -0.39 is 0 Å². The Bertz CT molecular complexity index is 1160. The van der Waals surface area contributed by atoms with Crippen molar-refractivity contribution in [2.75, 3.05) is 11.6 Å². The fourth-order valence-electron chi connectivity index (χ4n) is 2.95. The van der Waals surface area contributed by atoms with Crippen LogP contribution in [0, 0.1) is 13.8 Å². The molecule has 0 saturated heterocycles. The van der Waals surface area contributed by atoms with Gasteiger partial charge in [0.2, 0.25) is 0 Å². The topological polar surface area (TPSA) is 37.6 Å². The van der Waals surface area contributed by atoms with Gasteiger partial charge >= 0.3 is 0 Å². The Labute approximate surface area is 160 Å². The highest BCUT2D eigenvalue weighted by Crippen LogP contribution is 2.19. The van der Waals surface area contributed by atoms with E-state index in [0.717, 1.165) is 16.1 Å². The van der Waals surface area contributed by atoms with Gasteiger partial charge in [0, 0.05) is 10.7 Å². The lowest BCUT2D eigenvalue weighted by molar-refractivity contribution is 0.569. The zero-order chi connectivity index (χ0) is 18.3. The molecule has 3 aromatic rings. The number of rotatable bonds is 2. The average Bonchev–Trinajstić information content (AvgIpc) is 2.93. The first-order chi connectivity index (χ1) is 12.5. The maximum atomic E-state index is 12.8. The van der Waals surface area contributed by atoms with Crippen molar-refractivity contribution in [1.29, 1.82) is 0 Å². The molecular weight excluding hydrogens is 366 g/mol. The van der Waals surface area contributed by atoms with Crippen LogP contribution in [0.5, 0.6) is 0 Å². The third-order valence-electron chi connectivity index (χ3n) is 4.58. The van der Waals surface area contributed by atoms with Gasteiger partial charge < -0.3 is 4.90 Å². The second-order valence-corrected chi connectivity index (χ2v) is 7.88. The summed E-state index contributed by atoms with van der Waals surface area (Å²) in [6.07, 6.45) is 1.88. The van der Waals surface area contributed by atoms with E-state index in [1.807, 2.05) is 30.3 Å². The van der Waals surface area contributed by atoms with E-state index in [2.05, 4.69) is 41.9 Å². The molecule has 26 heavy (non-hydrogen) atoms. The minimum Gasteiger partial charge on any atom is -0.334 e. The SMILES string of the molecule is Cc1ccc(N2CN=c3sc(=Cc4cccc(Cl)c4)c(=O)n3C2)cc1C. The molecule has 0 radical (unpaired) electrons. The van der Waals surface area contributed by atoms with Gasteiger partial charge in [0.15, 0.2) is 4.80 Å². The molecule has 0 N–H and O–H groups in total. The summed E-state index contributed by atoms with van der Waals surface area (Å²) in [4.78, 5) is 20.3.